The number of carboxylic acid groups (broad SMARTS) is 1. The topological polar surface area (TPSA) is 66.4 Å². The van der Waals surface area contributed by atoms with E-state index in [2.05, 4.69) is 5.32 Å². The van der Waals surface area contributed by atoms with Crippen LogP contribution in [0.25, 0.3) is 0 Å². The van der Waals surface area contributed by atoms with Crippen LogP contribution < -0.4 is 5.32 Å². The standard InChI is InChI=1S/C16H20ClNO3/c1-3-10-7-12(13(8-10)16(20)21)15(19)18-14-5-4-11(17)6-9(14)2/h4-6,10,12-13H,3,7-8H2,1-2H3,(H,18,19)(H,20,21)/t10?,12-,13+/m0/s1. The zero-order chi connectivity index (χ0) is 15.6. The quantitative estimate of drug-likeness (QED) is 0.890. The molecule has 0 radical (unpaired) electrons. The summed E-state index contributed by atoms with van der Waals surface area (Å²) in [5, 5.41) is 12.8. The molecule has 1 aliphatic carbocycles. The first-order chi connectivity index (χ1) is 9.92. The predicted octanol–water partition coefficient (Wildman–Crippen LogP) is 3.72. The van der Waals surface area contributed by atoms with Gasteiger partial charge in [-0.25, -0.2) is 0 Å². The molecule has 2 rings (SSSR count). The van der Waals surface area contributed by atoms with Gasteiger partial charge in [-0.2, -0.15) is 0 Å². The average Bonchev–Trinajstić information content (AvgIpc) is 2.86. The van der Waals surface area contributed by atoms with E-state index in [1.807, 2.05) is 13.8 Å². The minimum atomic E-state index is -0.876. The monoisotopic (exact) mass is 309 g/mol. The first-order valence-corrected chi connectivity index (χ1v) is 7.60. The fourth-order valence-corrected chi connectivity index (χ4v) is 3.26. The molecule has 0 heterocycles. The van der Waals surface area contributed by atoms with Gasteiger partial charge in [-0.3, -0.25) is 9.59 Å². The van der Waals surface area contributed by atoms with Gasteiger partial charge in [-0.1, -0.05) is 24.9 Å². The molecule has 114 valence electrons. The fraction of sp³-hybridized carbons (Fsp3) is 0.500. The van der Waals surface area contributed by atoms with Crippen LogP contribution in [0.2, 0.25) is 5.02 Å². The number of anilines is 1. The van der Waals surface area contributed by atoms with Crippen molar-refractivity contribution in [3.05, 3.63) is 28.8 Å². The molecule has 3 atom stereocenters. The summed E-state index contributed by atoms with van der Waals surface area (Å²) in [6.45, 7) is 3.90. The smallest absolute Gasteiger partial charge is 0.307 e. The first kappa shape index (κ1) is 15.8. The molecular formula is C16H20ClNO3. The van der Waals surface area contributed by atoms with E-state index in [0.29, 0.717) is 29.5 Å². The Morgan fingerprint density at radius 1 is 1.33 bits per heavy atom. The number of carboxylic acids is 1. The second-order valence-electron chi connectivity index (χ2n) is 5.75. The van der Waals surface area contributed by atoms with Gasteiger partial charge in [0.2, 0.25) is 5.91 Å². The number of hydrogen-bond donors (Lipinski definition) is 2. The number of amides is 1. The number of aryl methyl sites for hydroxylation is 1. The summed E-state index contributed by atoms with van der Waals surface area (Å²) >= 11 is 5.89. The van der Waals surface area contributed by atoms with Crippen LogP contribution in [0, 0.1) is 24.7 Å². The third kappa shape index (κ3) is 3.56. The maximum absolute atomic E-state index is 12.4. The van der Waals surface area contributed by atoms with Crippen LogP contribution in [-0.2, 0) is 9.59 Å². The third-order valence-electron chi connectivity index (χ3n) is 4.34. The van der Waals surface area contributed by atoms with Gasteiger partial charge in [0.05, 0.1) is 11.8 Å². The van der Waals surface area contributed by atoms with E-state index >= 15 is 0 Å². The molecule has 1 aliphatic rings. The lowest BCUT2D eigenvalue weighted by Crippen LogP contribution is -2.30. The number of halogens is 1. The normalized spacial score (nSPS) is 24.8. The minimum Gasteiger partial charge on any atom is -0.481 e. The molecule has 1 fully saturated rings. The number of rotatable bonds is 4. The highest BCUT2D eigenvalue weighted by molar-refractivity contribution is 6.30. The van der Waals surface area contributed by atoms with E-state index in [1.54, 1.807) is 18.2 Å². The van der Waals surface area contributed by atoms with Gasteiger partial charge < -0.3 is 10.4 Å². The highest BCUT2D eigenvalue weighted by Crippen LogP contribution is 2.39. The second-order valence-corrected chi connectivity index (χ2v) is 6.18. The Morgan fingerprint density at radius 3 is 2.57 bits per heavy atom. The molecule has 2 N–H and O–H groups in total. The number of nitrogens with one attached hydrogen (secondary N) is 1. The van der Waals surface area contributed by atoms with Crippen LogP contribution in [0.1, 0.15) is 31.7 Å². The number of aliphatic carboxylic acids is 1. The predicted molar refractivity (Wildman–Crippen MR) is 82.4 cm³/mol. The SMILES string of the molecule is CCC1C[C@H](C(=O)Nc2ccc(Cl)cc2C)[C@H](C(=O)O)C1. The fourth-order valence-electron chi connectivity index (χ4n) is 3.03. The van der Waals surface area contributed by atoms with Crippen molar-refractivity contribution in [3.8, 4) is 0 Å². The Morgan fingerprint density at radius 2 is 2.00 bits per heavy atom. The maximum atomic E-state index is 12.4. The summed E-state index contributed by atoms with van der Waals surface area (Å²) in [6.07, 6.45) is 2.14. The molecule has 21 heavy (non-hydrogen) atoms. The molecule has 5 heteroatoms. The van der Waals surface area contributed by atoms with Gasteiger partial charge in [-0.05, 0) is 49.4 Å². The zero-order valence-electron chi connectivity index (χ0n) is 12.2. The summed E-state index contributed by atoms with van der Waals surface area (Å²) in [4.78, 5) is 23.8. The molecule has 0 saturated heterocycles. The Labute approximate surface area is 129 Å². The number of carbonyl (C=O) groups is 2. The molecule has 0 spiro atoms. The van der Waals surface area contributed by atoms with Crippen molar-refractivity contribution in [1.82, 2.24) is 0 Å². The maximum Gasteiger partial charge on any atom is 0.307 e. The molecule has 1 unspecified atom stereocenters. The molecule has 1 aromatic carbocycles. The number of hydrogen-bond acceptors (Lipinski definition) is 2. The molecule has 1 saturated carbocycles. The van der Waals surface area contributed by atoms with Gasteiger partial charge >= 0.3 is 5.97 Å². The van der Waals surface area contributed by atoms with E-state index in [0.717, 1.165) is 12.0 Å². The highest BCUT2D eigenvalue weighted by Gasteiger charge is 2.42. The van der Waals surface area contributed by atoms with Crippen LogP contribution in [0.15, 0.2) is 18.2 Å². The summed E-state index contributed by atoms with van der Waals surface area (Å²) in [7, 11) is 0. The zero-order valence-corrected chi connectivity index (χ0v) is 13.0. The summed E-state index contributed by atoms with van der Waals surface area (Å²) in [6, 6.07) is 5.23. The van der Waals surface area contributed by atoms with E-state index < -0.39 is 17.8 Å². The van der Waals surface area contributed by atoms with Crippen molar-refractivity contribution in [1.29, 1.82) is 0 Å². The van der Waals surface area contributed by atoms with Crippen molar-refractivity contribution in [2.75, 3.05) is 5.32 Å². The van der Waals surface area contributed by atoms with Gasteiger partial charge in [0.15, 0.2) is 0 Å². The van der Waals surface area contributed by atoms with Gasteiger partial charge in [0, 0.05) is 10.7 Å². The van der Waals surface area contributed by atoms with Crippen molar-refractivity contribution in [2.45, 2.75) is 33.1 Å². The first-order valence-electron chi connectivity index (χ1n) is 7.22. The Balaban J connectivity index is 2.13. The molecule has 4 nitrogen and oxygen atoms in total. The highest BCUT2D eigenvalue weighted by atomic mass is 35.5. The Hall–Kier alpha value is -1.55. The summed E-state index contributed by atoms with van der Waals surface area (Å²) in [5.41, 5.74) is 1.56. The van der Waals surface area contributed by atoms with Gasteiger partial charge in [0.25, 0.3) is 0 Å². The van der Waals surface area contributed by atoms with Crippen molar-refractivity contribution < 1.29 is 14.7 Å². The van der Waals surface area contributed by atoms with E-state index in [1.165, 1.54) is 0 Å². The van der Waals surface area contributed by atoms with E-state index in [4.69, 9.17) is 11.6 Å². The van der Waals surface area contributed by atoms with Crippen molar-refractivity contribution >= 4 is 29.2 Å². The molecule has 1 amide bonds. The van der Waals surface area contributed by atoms with Crippen molar-refractivity contribution in [3.63, 3.8) is 0 Å². The lowest BCUT2D eigenvalue weighted by molar-refractivity contribution is -0.145. The average molecular weight is 310 g/mol. The van der Waals surface area contributed by atoms with Crippen LogP contribution in [0.5, 0.6) is 0 Å². The largest absolute Gasteiger partial charge is 0.481 e. The summed E-state index contributed by atoms with van der Waals surface area (Å²) < 4.78 is 0. The van der Waals surface area contributed by atoms with Gasteiger partial charge in [-0.15, -0.1) is 0 Å². The molecule has 1 aromatic rings. The summed E-state index contributed by atoms with van der Waals surface area (Å²) in [5.74, 6) is -1.80. The van der Waals surface area contributed by atoms with Crippen LogP contribution in [0.4, 0.5) is 5.69 Å². The minimum absolute atomic E-state index is 0.205. The van der Waals surface area contributed by atoms with E-state index in [-0.39, 0.29) is 5.91 Å². The van der Waals surface area contributed by atoms with E-state index in [9.17, 15) is 14.7 Å². The number of carbonyl (C=O) groups excluding carboxylic acids is 1. The van der Waals surface area contributed by atoms with Crippen molar-refractivity contribution in [2.24, 2.45) is 17.8 Å². The Bertz CT molecular complexity index is 558. The van der Waals surface area contributed by atoms with Crippen LogP contribution in [0.3, 0.4) is 0 Å². The lowest BCUT2D eigenvalue weighted by Gasteiger charge is -2.16. The number of benzene rings is 1. The lowest BCUT2D eigenvalue weighted by atomic mass is 9.95. The van der Waals surface area contributed by atoms with Crippen LogP contribution >= 0.6 is 11.6 Å². The molecule has 0 aliphatic heterocycles. The third-order valence-corrected chi connectivity index (χ3v) is 4.57. The second kappa shape index (κ2) is 6.48. The molecule has 0 bridgehead atoms. The Kier molecular flexibility index (Phi) is 4.88. The van der Waals surface area contributed by atoms with Crippen LogP contribution in [-0.4, -0.2) is 17.0 Å². The van der Waals surface area contributed by atoms with Gasteiger partial charge in [0.1, 0.15) is 0 Å². The molecular weight excluding hydrogens is 290 g/mol. The molecule has 0 aromatic heterocycles.